The highest BCUT2D eigenvalue weighted by Gasteiger charge is 2.14. The molecule has 21 heavy (non-hydrogen) atoms. The van der Waals surface area contributed by atoms with Crippen molar-refractivity contribution < 1.29 is 4.79 Å². The molecule has 0 radical (unpaired) electrons. The van der Waals surface area contributed by atoms with Gasteiger partial charge in [0.1, 0.15) is 12.1 Å². The van der Waals surface area contributed by atoms with Crippen LogP contribution in [0.4, 0.5) is 0 Å². The lowest BCUT2D eigenvalue weighted by Crippen LogP contribution is -2.03. The first-order valence-corrected chi connectivity index (χ1v) is 6.86. The van der Waals surface area contributed by atoms with Gasteiger partial charge in [-0.1, -0.05) is 12.1 Å². The maximum Gasteiger partial charge on any atom is 0.142 e. The van der Waals surface area contributed by atoms with E-state index in [0.29, 0.717) is 0 Å². The molecule has 0 unspecified atom stereocenters. The number of benzene rings is 1. The van der Waals surface area contributed by atoms with Crippen molar-refractivity contribution >= 4 is 23.3 Å². The smallest absolute Gasteiger partial charge is 0.142 e. The Balaban J connectivity index is 2.30. The summed E-state index contributed by atoms with van der Waals surface area (Å²) in [7, 11) is 1.92. The number of carbonyl (C=O) groups is 1. The molecule has 0 atom stereocenters. The highest BCUT2D eigenvalue weighted by Crippen LogP contribution is 2.26. The van der Waals surface area contributed by atoms with Gasteiger partial charge in [-0.15, -0.1) is 0 Å². The zero-order valence-electron chi connectivity index (χ0n) is 12.4. The Kier molecular flexibility index (Phi) is 3.22. The molecule has 0 aliphatic heterocycles. The quantitative estimate of drug-likeness (QED) is 0.545. The summed E-state index contributed by atoms with van der Waals surface area (Å²) in [6.45, 7) is 4.05. The minimum absolute atomic E-state index is 0.786. The van der Waals surface area contributed by atoms with E-state index < -0.39 is 0 Å². The second-order valence-corrected chi connectivity index (χ2v) is 5.13. The molecule has 106 valence electrons. The van der Waals surface area contributed by atoms with E-state index in [1.807, 2.05) is 30.9 Å². The number of nitrogens with zero attached hydrogens (tertiary/aromatic N) is 3. The van der Waals surface area contributed by atoms with E-state index in [1.165, 1.54) is 17.0 Å². The lowest BCUT2D eigenvalue weighted by molar-refractivity contribution is -0.104. The molecule has 0 fully saturated rings. The van der Waals surface area contributed by atoms with Crippen LogP contribution in [0.2, 0.25) is 0 Å². The van der Waals surface area contributed by atoms with Gasteiger partial charge < -0.3 is 4.57 Å². The number of rotatable bonds is 3. The normalized spacial score (nSPS) is 11.6. The fourth-order valence-corrected chi connectivity index (χ4v) is 2.78. The highest BCUT2D eigenvalue weighted by molar-refractivity contribution is 5.86. The number of aromatic nitrogens is 3. The van der Waals surface area contributed by atoms with Crippen LogP contribution in [0.15, 0.2) is 36.5 Å². The molecule has 3 rings (SSSR count). The van der Waals surface area contributed by atoms with Crippen LogP contribution in [-0.4, -0.2) is 20.6 Å². The maximum atomic E-state index is 10.6. The molecule has 4 heteroatoms. The summed E-state index contributed by atoms with van der Waals surface area (Å²) in [5.74, 6) is 0.964. The van der Waals surface area contributed by atoms with Crippen molar-refractivity contribution in [2.45, 2.75) is 13.8 Å². The molecule has 0 aliphatic rings. The van der Waals surface area contributed by atoms with Gasteiger partial charge in [-0.05, 0) is 43.7 Å². The molecular weight excluding hydrogens is 262 g/mol. The Labute approximate surface area is 123 Å². The zero-order chi connectivity index (χ0) is 15.0. The number of allylic oxidation sites excluding steroid dienone is 1. The van der Waals surface area contributed by atoms with E-state index in [-0.39, 0.29) is 0 Å². The molecule has 0 aliphatic carbocycles. The molecule has 2 heterocycles. The van der Waals surface area contributed by atoms with Crippen LogP contribution >= 0.6 is 0 Å². The SMILES string of the molecule is Cc1nn(C)c(-n2ccc3c(C)cccc32)c1/C=C/C=O. The number of aldehydes is 1. The highest BCUT2D eigenvalue weighted by atomic mass is 16.1. The lowest BCUT2D eigenvalue weighted by atomic mass is 10.1. The van der Waals surface area contributed by atoms with Gasteiger partial charge in [-0.25, -0.2) is 0 Å². The van der Waals surface area contributed by atoms with Crippen LogP contribution < -0.4 is 0 Å². The van der Waals surface area contributed by atoms with Gasteiger partial charge in [-0.2, -0.15) is 5.10 Å². The first-order chi connectivity index (χ1) is 10.1. The van der Waals surface area contributed by atoms with Gasteiger partial charge in [0.2, 0.25) is 0 Å². The van der Waals surface area contributed by atoms with Gasteiger partial charge in [0.05, 0.1) is 11.2 Å². The third-order valence-corrected chi connectivity index (χ3v) is 3.76. The molecule has 3 aromatic rings. The summed E-state index contributed by atoms with van der Waals surface area (Å²) in [6.07, 6.45) is 6.15. The molecule has 0 amide bonds. The topological polar surface area (TPSA) is 39.8 Å². The molecule has 0 bridgehead atoms. The average Bonchev–Trinajstić information content (AvgIpc) is 2.98. The van der Waals surface area contributed by atoms with Crippen molar-refractivity contribution in [2.24, 2.45) is 7.05 Å². The molecule has 2 aromatic heterocycles. The van der Waals surface area contributed by atoms with E-state index in [0.717, 1.165) is 28.9 Å². The van der Waals surface area contributed by atoms with Crippen molar-refractivity contribution in [2.75, 3.05) is 0 Å². The lowest BCUT2D eigenvalue weighted by Gasteiger charge is -2.08. The first-order valence-electron chi connectivity index (χ1n) is 6.86. The second kappa shape index (κ2) is 5.05. The van der Waals surface area contributed by atoms with Crippen LogP contribution in [0.25, 0.3) is 22.8 Å². The number of carbonyl (C=O) groups excluding carboxylic acids is 1. The van der Waals surface area contributed by atoms with Crippen LogP contribution in [0.3, 0.4) is 0 Å². The number of fused-ring (bicyclic) bond motifs is 1. The zero-order valence-corrected chi connectivity index (χ0v) is 12.4. The van der Waals surface area contributed by atoms with Crippen LogP contribution in [0.1, 0.15) is 16.8 Å². The Morgan fingerprint density at radius 3 is 2.76 bits per heavy atom. The van der Waals surface area contributed by atoms with Crippen molar-refractivity contribution in [1.29, 1.82) is 0 Å². The summed E-state index contributed by atoms with van der Waals surface area (Å²) >= 11 is 0. The van der Waals surface area contributed by atoms with E-state index >= 15 is 0 Å². The molecule has 4 nitrogen and oxygen atoms in total. The predicted molar refractivity (Wildman–Crippen MR) is 84.6 cm³/mol. The van der Waals surface area contributed by atoms with Gasteiger partial charge in [-0.3, -0.25) is 9.48 Å². The van der Waals surface area contributed by atoms with Gasteiger partial charge in [0, 0.05) is 24.2 Å². The van der Waals surface area contributed by atoms with Crippen molar-refractivity contribution in [3.63, 3.8) is 0 Å². The molecule has 0 spiro atoms. The van der Waals surface area contributed by atoms with E-state index in [4.69, 9.17) is 0 Å². The monoisotopic (exact) mass is 279 g/mol. The van der Waals surface area contributed by atoms with E-state index in [1.54, 1.807) is 0 Å². The summed E-state index contributed by atoms with van der Waals surface area (Å²) in [6, 6.07) is 8.37. The Bertz CT molecular complexity index is 852. The van der Waals surface area contributed by atoms with Gasteiger partial charge in [0.25, 0.3) is 0 Å². The molecule has 0 saturated carbocycles. The summed E-state index contributed by atoms with van der Waals surface area (Å²) < 4.78 is 3.97. The van der Waals surface area contributed by atoms with Crippen molar-refractivity contribution in [1.82, 2.24) is 14.3 Å². The fraction of sp³-hybridized carbons (Fsp3) is 0.176. The van der Waals surface area contributed by atoms with Crippen LogP contribution in [-0.2, 0) is 11.8 Å². The summed E-state index contributed by atoms with van der Waals surface area (Å²) in [4.78, 5) is 10.6. The molecule has 1 aromatic carbocycles. The Hall–Kier alpha value is -2.62. The number of hydrogen-bond donors (Lipinski definition) is 0. The van der Waals surface area contributed by atoms with Crippen LogP contribution in [0.5, 0.6) is 0 Å². The van der Waals surface area contributed by atoms with Gasteiger partial charge >= 0.3 is 0 Å². The minimum Gasteiger partial charge on any atom is -0.301 e. The van der Waals surface area contributed by atoms with Gasteiger partial charge in [0.15, 0.2) is 0 Å². The molecule has 0 N–H and O–H groups in total. The third kappa shape index (κ3) is 2.09. The number of hydrogen-bond acceptors (Lipinski definition) is 2. The first kappa shape index (κ1) is 13.4. The van der Waals surface area contributed by atoms with Crippen LogP contribution in [0, 0.1) is 13.8 Å². The fourth-order valence-electron chi connectivity index (χ4n) is 2.78. The van der Waals surface area contributed by atoms with Crippen molar-refractivity contribution in [3.8, 4) is 5.82 Å². The molecular formula is C17H17N3O. The standard InChI is InChI=1S/C17H17N3O/c1-12-6-4-8-16-14(12)9-10-20(16)17-15(7-5-11-21)13(2)18-19(17)3/h4-11H,1-3H3/b7-5+. The summed E-state index contributed by atoms with van der Waals surface area (Å²) in [5, 5.41) is 5.70. The minimum atomic E-state index is 0.786. The number of aryl methyl sites for hydroxylation is 3. The average molecular weight is 279 g/mol. The van der Waals surface area contributed by atoms with Crippen molar-refractivity contribution in [3.05, 3.63) is 53.4 Å². The maximum absolute atomic E-state index is 10.6. The molecule has 0 saturated heterocycles. The van der Waals surface area contributed by atoms with E-state index in [2.05, 4.69) is 40.9 Å². The predicted octanol–water partition coefficient (Wildman–Crippen LogP) is 3.19. The van der Waals surface area contributed by atoms with E-state index in [9.17, 15) is 4.79 Å². The Morgan fingerprint density at radius 2 is 2.00 bits per heavy atom. The summed E-state index contributed by atoms with van der Waals surface area (Å²) in [5.41, 5.74) is 4.25. The third-order valence-electron chi connectivity index (χ3n) is 3.76. The Morgan fingerprint density at radius 1 is 1.19 bits per heavy atom. The second-order valence-electron chi connectivity index (χ2n) is 5.13. The largest absolute Gasteiger partial charge is 0.301 e.